The second-order valence-electron chi connectivity index (χ2n) is 6.71. The number of anilines is 2. The highest BCUT2D eigenvalue weighted by Gasteiger charge is 2.32. The first-order valence-electron chi connectivity index (χ1n) is 9.00. The Morgan fingerprint density at radius 2 is 1.89 bits per heavy atom. The van der Waals surface area contributed by atoms with E-state index in [0.717, 1.165) is 0 Å². The number of carbonyl (C=O) groups is 1. The molecule has 144 valence electrons. The Labute approximate surface area is 160 Å². The molecule has 2 aromatic heterocycles. The van der Waals surface area contributed by atoms with Crippen LogP contribution in [-0.2, 0) is 4.79 Å². The molecule has 1 fully saturated rings. The van der Waals surface area contributed by atoms with Crippen LogP contribution in [0.5, 0.6) is 5.75 Å². The molecule has 0 aliphatic carbocycles. The Kier molecular flexibility index (Phi) is 4.56. The third kappa shape index (κ3) is 3.22. The second-order valence-corrected chi connectivity index (χ2v) is 6.71. The summed E-state index contributed by atoms with van der Waals surface area (Å²) in [5.74, 6) is -0.102. The van der Waals surface area contributed by atoms with Crippen molar-refractivity contribution < 1.29 is 14.8 Å². The van der Waals surface area contributed by atoms with E-state index in [9.17, 15) is 20.0 Å². The third-order valence-electron chi connectivity index (χ3n) is 4.99. The predicted molar refractivity (Wildman–Crippen MR) is 104 cm³/mol. The summed E-state index contributed by atoms with van der Waals surface area (Å²) in [4.78, 5) is 29.9. The van der Waals surface area contributed by atoms with E-state index in [1.165, 1.54) is 10.5 Å². The van der Waals surface area contributed by atoms with Crippen molar-refractivity contribution in [1.29, 1.82) is 0 Å². The van der Waals surface area contributed by atoms with E-state index in [1.54, 1.807) is 42.6 Å². The molecular formula is C19H19N5O4. The van der Waals surface area contributed by atoms with Gasteiger partial charge in [-0.1, -0.05) is 18.2 Å². The van der Waals surface area contributed by atoms with Gasteiger partial charge in [0.1, 0.15) is 5.75 Å². The Morgan fingerprint density at radius 1 is 1.18 bits per heavy atom. The Hall–Kier alpha value is -3.62. The molecule has 0 bridgehead atoms. The lowest BCUT2D eigenvalue weighted by Gasteiger charge is -2.31. The fraction of sp³-hybridized carbons (Fsp3) is 0.263. The Morgan fingerprint density at radius 3 is 2.61 bits per heavy atom. The monoisotopic (exact) mass is 381 g/mol. The van der Waals surface area contributed by atoms with Gasteiger partial charge in [-0.3, -0.25) is 4.79 Å². The molecule has 0 radical (unpaired) electrons. The lowest BCUT2D eigenvalue weighted by Crippen LogP contribution is -2.38. The average molecular weight is 381 g/mol. The summed E-state index contributed by atoms with van der Waals surface area (Å²) in [6.45, 7) is 0.979. The van der Waals surface area contributed by atoms with Crippen LogP contribution in [0.4, 0.5) is 17.3 Å². The lowest BCUT2D eigenvalue weighted by atomic mass is 9.96. The first-order chi connectivity index (χ1) is 13.5. The number of phenols is 1. The number of nitro groups is 1. The number of carbonyl (C=O) groups excluding carboxylic acids is 1. The molecule has 3 heterocycles. The summed E-state index contributed by atoms with van der Waals surface area (Å²) in [5.41, 5.74) is 0.898. The smallest absolute Gasteiger partial charge is 0.372 e. The molecule has 0 atom stereocenters. The molecule has 9 heteroatoms. The minimum absolute atomic E-state index is 0.0219. The van der Waals surface area contributed by atoms with Crippen molar-refractivity contribution in [3.05, 3.63) is 58.8 Å². The average Bonchev–Trinajstić information content (AvgIpc) is 3.09. The minimum Gasteiger partial charge on any atom is -0.506 e. The molecule has 0 spiro atoms. The van der Waals surface area contributed by atoms with Gasteiger partial charge in [0.15, 0.2) is 0 Å². The Bertz CT molecular complexity index is 1040. The zero-order valence-electron chi connectivity index (χ0n) is 15.0. The predicted octanol–water partition coefficient (Wildman–Crippen LogP) is 2.80. The van der Waals surface area contributed by atoms with E-state index in [-0.39, 0.29) is 23.4 Å². The number of fused-ring (bicyclic) bond motifs is 1. The van der Waals surface area contributed by atoms with Gasteiger partial charge in [-0.2, -0.15) is 9.38 Å². The minimum atomic E-state index is -0.424. The van der Waals surface area contributed by atoms with Crippen LogP contribution in [0.2, 0.25) is 0 Å². The molecule has 1 aromatic carbocycles. The quantitative estimate of drug-likeness (QED) is 0.408. The fourth-order valence-electron chi connectivity index (χ4n) is 3.52. The van der Waals surface area contributed by atoms with E-state index in [4.69, 9.17) is 0 Å². The summed E-state index contributed by atoms with van der Waals surface area (Å²) >= 11 is 0. The number of benzene rings is 1. The highest BCUT2D eigenvalue weighted by Crippen LogP contribution is 2.32. The van der Waals surface area contributed by atoms with Crippen molar-refractivity contribution in [1.82, 2.24) is 9.38 Å². The molecule has 3 aromatic rings. The molecule has 1 saturated heterocycles. The van der Waals surface area contributed by atoms with Gasteiger partial charge in [0.05, 0.1) is 11.9 Å². The van der Waals surface area contributed by atoms with Crippen LogP contribution in [0.1, 0.15) is 12.8 Å². The van der Waals surface area contributed by atoms with Crippen molar-refractivity contribution in [2.75, 3.05) is 23.3 Å². The number of amides is 1. The van der Waals surface area contributed by atoms with Crippen molar-refractivity contribution in [3.8, 4) is 5.75 Å². The van der Waals surface area contributed by atoms with E-state index in [0.29, 0.717) is 43.1 Å². The van der Waals surface area contributed by atoms with Crippen molar-refractivity contribution in [2.45, 2.75) is 12.8 Å². The van der Waals surface area contributed by atoms with Crippen LogP contribution in [0.3, 0.4) is 0 Å². The van der Waals surface area contributed by atoms with Gasteiger partial charge in [0.25, 0.3) is 0 Å². The number of aromatic hydroxyl groups is 1. The highest BCUT2D eigenvalue weighted by molar-refractivity contribution is 5.94. The van der Waals surface area contributed by atoms with Crippen LogP contribution in [0.15, 0.2) is 48.7 Å². The summed E-state index contributed by atoms with van der Waals surface area (Å²) in [7, 11) is 0. The molecule has 9 nitrogen and oxygen atoms in total. The van der Waals surface area contributed by atoms with E-state index in [1.807, 2.05) is 4.90 Å². The molecule has 28 heavy (non-hydrogen) atoms. The largest absolute Gasteiger partial charge is 0.506 e. The maximum atomic E-state index is 12.5. The van der Waals surface area contributed by atoms with Crippen LogP contribution in [0.25, 0.3) is 5.65 Å². The summed E-state index contributed by atoms with van der Waals surface area (Å²) < 4.78 is 1.46. The number of pyridine rings is 1. The molecule has 0 saturated carbocycles. The van der Waals surface area contributed by atoms with Gasteiger partial charge >= 0.3 is 5.82 Å². The van der Waals surface area contributed by atoms with Gasteiger partial charge in [-0.15, -0.1) is 0 Å². The van der Waals surface area contributed by atoms with Gasteiger partial charge < -0.3 is 25.4 Å². The lowest BCUT2D eigenvalue weighted by molar-refractivity contribution is -0.389. The normalized spacial score (nSPS) is 14.9. The van der Waals surface area contributed by atoms with Gasteiger partial charge in [-0.05, 0) is 36.0 Å². The SMILES string of the molecule is O=C(Nc1ccccc1O)C1CCN(c2nc3ccccn3c2[N+](=O)[O-])CC1. The fourth-order valence-corrected chi connectivity index (χ4v) is 3.52. The zero-order valence-corrected chi connectivity index (χ0v) is 15.0. The van der Waals surface area contributed by atoms with Crippen LogP contribution in [0, 0.1) is 16.0 Å². The van der Waals surface area contributed by atoms with Crippen molar-refractivity contribution in [2.24, 2.45) is 5.92 Å². The van der Waals surface area contributed by atoms with E-state index < -0.39 is 4.92 Å². The maximum Gasteiger partial charge on any atom is 0.372 e. The molecule has 2 N–H and O–H groups in total. The molecule has 1 amide bonds. The first kappa shape index (κ1) is 17.8. The number of rotatable bonds is 4. The molecule has 0 unspecified atom stereocenters. The number of imidazole rings is 1. The molecular weight excluding hydrogens is 362 g/mol. The molecule has 1 aliphatic rings. The van der Waals surface area contributed by atoms with Gasteiger partial charge in [0.2, 0.25) is 17.4 Å². The number of para-hydroxylation sites is 2. The first-order valence-corrected chi connectivity index (χ1v) is 9.00. The number of piperidine rings is 1. The summed E-state index contributed by atoms with van der Waals surface area (Å²) in [6.07, 6.45) is 2.71. The third-order valence-corrected chi connectivity index (χ3v) is 4.99. The van der Waals surface area contributed by atoms with Crippen molar-refractivity contribution in [3.63, 3.8) is 0 Å². The summed E-state index contributed by atoms with van der Waals surface area (Å²) in [5, 5.41) is 24.1. The topological polar surface area (TPSA) is 113 Å². The number of aromatic nitrogens is 2. The maximum absolute atomic E-state index is 12.5. The number of nitrogens with one attached hydrogen (secondary N) is 1. The Balaban J connectivity index is 1.48. The van der Waals surface area contributed by atoms with Crippen LogP contribution >= 0.6 is 0 Å². The van der Waals surface area contributed by atoms with Crippen molar-refractivity contribution >= 4 is 28.9 Å². The highest BCUT2D eigenvalue weighted by atomic mass is 16.6. The number of hydrogen-bond donors (Lipinski definition) is 2. The number of phenolic OH excluding ortho intramolecular Hbond substituents is 1. The second kappa shape index (κ2) is 7.18. The van der Waals surface area contributed by atoms with E-state index in [2.05, 4.69) is 10.3 Å². The zero-order chi connectivity index (χ0) is 19.7. The molecule has 1 aliphatic heterocycles. The van der Waals surface area contributed by atoms with Crippen LogP contribution in [-0.4, -0.2) is 38.4 Å². The van der Waals surface area contributed by atoms with E-state index >= 15 is 0 Å². The van der Waals surface area contributed by atoms with Crippen LogP contribution < -0.4 is 10.2 Å². The standard InChI is InChI=1S/C19H19N5O4/c25-15-6-2-1-5-14(15)20-18(26)13-8-11-22(12-9-13)17-19(24(27)28)23-10-4-3-7-16(23)21-17/h1-7,10,13,25H,8-9,11-12H2,(H,20,26). The van der Waals surface area contributed by atoms with Gasteiger partial charge in [-0.25, -0.2) is 0 Å². The van der Waals surface area contributed by atoms with Gasteiger partial charge in [0, 0.05) is 25.1 Å². The molecule has 4 rings (SSSR count). The summed E-state index contributed by atoms with van der Waals surface area (Å²) in [6, 6.07) is 11.8. The number of nitrogens with zero attached hydrogens (tertiary/aromatic N) is 4. The number of hydrogen-bond acceptors (Lipinski definition) is 6.